The van der Waals surface area contributed by atoms with E-state index in [9.17, 15) is 14.4 Å². The first-order chi connectivity index (χ1) is 16.0. The van der Waals surface area contributed by atoms with Crippen LogP contribution in [0.25, 0.3) is 0 Å². The zero-order valence-corrected chi connectivity index (χ0v) is 18.1. The summed E-state index contributed by atoms with van der Waals surface area (Å²) >= 11 is 0. The first-order valence-corrected chi connectivity index (χ1v) is 11.0. The Bertz CT molecular complexity index is 1080. The third-order valence-corrected chi connectivity index (χ3v) is 6.80. The van der Waals surface area contributed by atoms with Gasteiger partial charge in [0, 0.05) is 18.9 Å². The summed E-state index contributed by atoms with van der Waals surface area (Å²) in [5.74, 6) is -2.30. The van der Waals surface area contributed by atoms with Gasteiger partial charge < -0.3 is 18.9 Å². The summed E-state index contributed by atoms with van der Waals surface area (Å²) in [5.41, 5.74) is -0.658. The molecule has 2 aromatic rings. The summed E-state index contributed by atoms with van der Waals surface area (Å²) in [6.45, 7) is -0.0900. The van der Waals surface area contributed by atoms with Crippen molar-refractivity contribution < 1.29 is 33.3 Å². The molecule has 2 aliphatic carbocycles. The average molecular weight is 448 g/mol. The van der Waals surface area contributed by atoms with Crippen LogP contribution in [0.2, 0.25) is 0 Å². The highest BCUT2D eigenvalue weighted by atomic mass is 16.7. The fraction of sp³-hybridized carbons (Fsp3) is 0.346. The summed E-state index contributed by atoms with van der Waals surface area (Å²) < 4.78 is 22.9. The van der Waals surface area contributed by atoms with E-state index in [0.717, 1.165) is 0 Å². The molecule has 3 aliphatic rings. The van der Waals surface area contributed by atoms with Crippen LogP contribution in [0.3, 0.4) is 0 Å². The Kier molecular flexibility index (Phi) is 5.60. The van der Waals surface area contributed by atoms with Crippen molar-refractivity contribution in [3.05, 3.63) is 83.9 Å². The van der Waals surface area contributed by atoms with Gasteiger partial charge in [-0.25, -0.2) is 9.59 Å². The monoisotopic (exact) mass is 448 g/mol. The lowest BCUT2D eigenvalue weighted by atomic mass is 9.71. The van der Waals surface area contributed by atoms with Crippen molar-refractivity contribution in [2.45, 2.75) is 24.4 Å². The molecule has 7 nitrogen and oxygen atoms in total. The standard InChI is InChI=1S/C26H24O7/c1-30-25-22(27)26(33-24(29)17-10-6-3-7-11-17)19-13-12-18(14-19)21(26)20(32-25)15-31-23(28)16-8-4-2-5-9-16/h2-13,18-21,25H,14-15H2,1H3/t18-,19+,20+,21-,25-,26-/m0/s1. The summed E-state index contributed by atoms with van der Waals surface area (Å²) in [6, 6.07) is 17.2. The Labute approximate surface area is 191 Å². The number of allylic oxidation sites excluding steroid dienone is 1. The Morgan fingerprint density at radius 1 is 0.970 bits per heavy atom. The van der Waals surface area contributed by atoms with Gasteiger partial charge in [0.1, 0.15) is 12.7 Å². The molecular weight excluding hydrogens is 424 g/mol. The van der Waals surface area contributed by atoms with Crippen LogP contribution < -0.4 is 0 Å². The fourth-order valence-electron chi connectivity index (χ4n) is 5.37. The molecule has 1 heterocycles. The van der Waals surface area contributed by atoms with E-state index < -0.39 is 41.6 Å². The maximum absolute atomic E-state index is 13.6. The smallest absolute Gasteiger partial charge is 0.339 e. The summed E-state index contributed by atoms with van der Waals surface area (Å²) in [6.07, 6.45) is 2.71. The summed E-state index contributed by atoms with van der Waals surface area (Å²) in [7, 11) is 1.37. The maximum Gasteiger partial charge on any atom is 0.339 e. The van der Waals surface area contributed by atoms with E-state index in [1.807, 2.05) is 18.2 Å². The van der Waals surface area contributed by atoms with E-state index in [-0.39, 0.29) is 18.4 Å². The number of benzene rings is 2. The third kappa shape index (κ3) is 3.57. The summed E-state index contributed by atoms with van der Waals surface area (Å²) in [4.78, 5) is 39.1. The minimum absolute atomic E-state index is 0.0410. The van der Waals surface area contributed by atoms with E-state index in [1.165, 1.54) is 7.11 Å². The lowest BCUT2D eigenvalue weighted by molar-refractivity contribution is -0.243. The molecule has 0 amide bonds. The number of carbonyl (C=O) groups is 3. The molecule has 1 aliphatic heterocycles. The summed E-state index contributed by atoms with van der Waals surface area (Å²) in [5, 5.41) is 0. The molecule has 0 unspecified atom stereocenters. The van der Waals surface area contributed by atoms with Crippen LogP contribution in [0, 0.1) is 17.8 Å². The minimum Gasteiger partial charge on any atom is -0.459 e. The lowest BCUT2D eigenvalue weighted by Gasteiger charge is -2.48. The molecule has 0 aromatic heterocycles. The normalized spacial score (nSPS) is 31.8. The Morgan fingerprint density at radius 2 is 1.61 bits per heavy atom. The van der Waals surface area contributed by atoms with Crippen LogP contribution in [0.4, 0.5) is 0 Å². The number of rotatable bonds is 6. The molecule has 0 radical (unpaired) electrons. The van der Waals surface area contributed by atoms with Crippen LogP contribution in [0.15, 0.2) is 72.8 Å². The van der Waals surface area contributed by atoms with Crippen LogP contribution in [-0.4, -0.2) is 49.4 Å². The number of fused-ring (bicyclic) bond motifs is 5. The molecule has 0 N–H and O–H groups in total. The van der Waals surface area contributed by atoms with Crippen molar-refractivity contribution >= 4 is 17.7 Å². The number of hydrogen-bond acceptors (Lipinski definition) is 7. The molecule has 6 atom stereocenters. The largest absolute Gasteiger partial charge is 0.459 e. The van der Waals surface area contributed by atoms with Crippen molar-refractivity contribution in [3.63, 3.8) is 0 Å². The molecule has 7 heteroatoms. The van der Waals surface area contributed by atoms with Crippen LogP contribution in [0.5, 0.6) is 0 Å². The number of ether oxygens (including phenoxy) is 4. The number of ketones is 1. The van der Waals surface area contributed by atoms with Crippen LogP contribution >= 0.6 is 0 Å². The van der Waals surface area contributed by atoms with Gasteiger partial charge in [-0.3, -0.25) is 4.79 Å². The van der Waals surface area contributed by atoms with Gasteiger partial charge in [-0.1, -0.05) is 48.6 Å². The van der Waals surface area contributed by atoms with Gasteiger partial charge in [-0.05, 0) is 36.6 Å². The fourth-order valence-corrected chi connectivity index (χ4v) is 5.37. The zero-order chi connectivity index (χ0) is 23.0. The second kappa shape index (κ2) is 8.57. The van der Waals surface area contributed by atoms with E-state index in [2.05, 4.69) is 0 Å². The third-order valence-electron chi connectivity index (χ3n) is 6.80. The number of esters is 2. The Balaban J connectivity index is 1.44. The number of carbonyl (C=O) groups excluding carboxylic acids is 3. The first kappa shape index (κ1) is 21.6. The van der Waals surface area contributed by atoms with E-state index in [0.29, 0.717) is 17.5 Å². The van der Waals surface area contributed by atoms with Crippen molar-refractivity contribution in [3.8, 4) is 0 Å². The predicted octanol–water partition coefficient (Wildman–Crippen LogP) is 3.20. The molecule has 5 rings (SSSR count). The predicted molar refractivity (Wildman–Crippen MR) is 116 cm³/mol. The second-order valence-electron chi connectivity index (χ2n) is 8.54. The van der Waals surface area contributed by atoms with Crippen molar-refractivity contribution in [1.82, 2.24) is 0 Å². The molecule has 2 bridgehead atoms. The maximum atomic E-state index is 13.6. The number of methoxy groups -OCH3 is 1. The highest BCUT2D eigenvalue weighted by molar-refractivity contribution is 5.98. The molecular formula is C26H24O7. The minimum atomic E-state index is -1.44. The molecule has 0 spiro atoms. The highest BCUT2D eigenvalue weighted by Crippen LogP contribution is 2.57. The average Bonchev–Trinajstić information content (AvgIpc) is 3.46. The van der Waals surface area contributed by atoms with Gasteiger partial charge in [0.2, 0.25) is 12.1 Å². The lowest BCUT2D eigenvalue weighted by Crippen LogP contribution is -2.65. The number of Topliss-reactive ketones (excluding diaryl/α,β-unsaturated/α-hetero) is 1. The zero-order valence-electron chi connectivity index (χ0n) is 18.1. The van der Waals surface area contributed by atoms with Crippen molar-refractivity contribution in [1.29, 1.82) is 0 Å². The van der Waals surface area contributed by atoms with Crippen LogP contribution in [0.1, 0.15) is 27.1 Å². The molecule has 33 heavy (non-hydrogen) atoms. The topological polar surface area (TPSA) is 88.1 Å². The molecule has 170 valence electrons. The van der Waals surface area contributed by atoms with Crippen LogP contribution in [-0.2, 0) is 23.7 Å². The molecule has 2 aromatic carbocycles. The highest BCUT2D eigenvalue weighted by Gasteiger charge is 2.69. The SMILES string of the molecule is CO[C@H]1O[C@H](COC(=O)c2ccccc2)[C@@H]2[C@H]3C=C[C@H](C3)[C@@]2(OC(=O)c2ccccc2)C1=O. The number of hydrogen-bond donors (Lipinski definition) is 0. The van der Waals surface area contributed by atoms with Gasteiger partial charge in [-0.2, -0.15) is 0 Å². The molecule has 1 saturated carbocycles. The Hall–Kier alpha value is -3.29. The van der Waals surface area contributed by atoms with Gasteiger partial charge in [-0.15, -0.1) is 0 Å². The van der Waals surface area contributed by atoms with E-state index >= 15 is 0 Å². The van der Waals surface area contributed by atoms with Crippen molar-refractivity contribution in [2.24, 2.45) is 17.8 Å². The van der Waals surface area contributed by atoms with Gasteiger partial charge >= 0.3 is 11.9 Å². The first-order valence-electron chi connectivity index (χ1n) is 11.0. The van der Waals surface area contributed by atoms with Crippen molar-refractivity contribution in [2.75, 3.05) is 13.7 Å². The van der Waals surface area contributed by atoms with E-state index in [4.69, 9.17) is 18.9 Å². The molecule has 2 fully saturated rings. The van der Waals surface area contributed by atoms with Gasteiger partial charge in [0.15, 0.2) is 5.60 Å². The van der Waals surface area contributed by atoms with E-state index in [1.54, 1.807) is 54.6 Å². The second-order valence-corrected chi connectivity index (χ2v) is 8.54. The van der Waals surface area contributed by atoms with Gasteiger partial charge in [0.05, 0.1) is 11.1 Å². The molecule has 1 saturated heterocycles. The quantitative estimate of drug-likeness (QED) is 0.495. The Morgan fingerprint density at radius 3 is 2.24 bits per heavy atom. The van der Waals surface area contributed by atoms with Gasteiger partial charge in [0.25, 0.3) is 0 Å².